The highest BCUT2D eigenvalue weighted by Crippen LogP contribution is 2.43. The Bertz CT molecular complexity index is 257. The minimum Gasteiger partial charge on any atom is -0.352 e. The van der Waals surface area contributed by atoms with Crippen LogP contribution in [0.15, 0.2) is 24.8 Å². The molecule has 2 aliphatic carbocycles. The molecule has 2 nitrogen and oxygen atoms in total. The van der Waals surface area contributed by atoms with Crippen LogP contribution in [0.3, 0.4) is 0 Å². The van der Waals surface area contributed by atoms with Gasteiger partial charge in [-0.15, -0.1) is 6.58 Å². The van der Waals surface area contributed by atoms with Crippen molar-refractivity contribution in [2.24, 2.45) is 17.8 Å². The summed E-state index contributed by atoms with van der Waals surface area (Å²) in [6.45, 7) is 4.17. The van der Waals surface area contributed by atoms with Crippen molar-refractivity contribution in [3.63, 3.8) is 0 Å². The zero-order chi connectivity index (χ0) is 9.26. The van der Waals surface area contributed by atoms with Gasteiger partial charge in [-0.25, -0.2) is 0 Å². The van der Waals surface area contributed by atoms with E-state index >= 15 is 0 Å². The van der Waals surface area contributed by atoms with Gasteiger partial charge in [-0.3, -0.25) is 4.79 Å². The van der Waals surface area contributed by atoms with Crippen LogP contribution in [-0.4, -0.2) is 12.5 Å². The first-order valence-corrected chi connectivity index (χ1v) is 4.88. The molecular formula is C11H15NO. The first-order chi connectivity index (χ1) is 6.31. The Morgan fingerprint density at radius 1 is 1.54 bits per heavy atom. The number of nitrogens with one attached hydrogen (secondary N) is 1. The topological polar surface area (TPSA) is 29.1 Å². The van der Waals surface area contributed by atoms with Gasteiger partial charge in [-0.2, -0.15) is 0 Å². The molecule has 70 valence electrons. The third kappa shape index (κ3) is 1.53. The molecule has 3 atom stereocenters. The summed E-state index contributed by atoms with van der Waals surface area (Å²) in [6, 6.07) is 0. The van der Waals surface area contributed by atoms with Crippen LogP contribution in [0.25, 0.3) is 0 Å². The maximum atomic E-state index is 11.6. The lowest BCUT2D eigenvalue weighted by Crippen LogP contribution is -2.32. The first kappa shape index (κ1) is 8.54. The lowest BCUT2D eigenvalue weighted by molar-refractivity contribution is -0.125. The molecule has 0 aromatic carbocycles. The average Bonchev–Trinajstić information content (AvgIpc) is 2.74. The molecule has 0 spiro atoms. The Hall–Kier alpha value is -1.05. The fourth-order valence-electron chi connectivity index (χ4n) is 2.39. The number of rotatable bonds is 3. The lowest BCUT2D eigenvalue weighted by Gasteiger charge is -2.16. The van der Waals surface area contributed by atoms with Crippen LogP contribution in [-0.2, 0) is 4.79 Å². The molecule has 0 radical (unpaired) electrons. The smallest absolute Gasteiger partial charge is 0.223 e. The maximum absolute atomic E-state index is 11.6. The van der Waals surface area contributed by atoms with Crippen LogP contribution in [0.1, 0.15) is 12.8 Å². The summed E-state index contributed by atoms with van der Waals surface area (Å²) in [4.78, 5) is 11.6. The van der Waals surface area contributed by atoms with Gasteiger partial charge in [0.2, 0.25) is 5.91 Å². The SMILES string of the molecule is C=CCNC(=O)C1CC2C=CC1C2. The first-order valence-electron chi connectivity index (χ1n) is 4.88. The van der Waals surface area contributed by atoms with Crippen molar-refractivity contribution >= 4 is 5.91 Å². The zero-order valence-corrected chi connectivity index (χ0v) is 7.70. The average molecular weight is 177 g/mol. The predicted octanol–water partition coefficient (Wildman–Crippen LogP) is 1.50. The highest BCUT2D eigenvalue weighted by Gasteiger charge is 2.39. The van der Waals surface area contributed by atoms with Gasteiger partial charge < -0.3 is 5.32 Å². The third-order valence-electron chi connectivity index (χ3n) is 3.04. The molecule has 1 N–H and O–H groups in total. The molecule has 1 saturated carbocycles. The summed E-state index contributed by atoms with van der Waals surface area (Å²) in [6.07, 6.45) is 8.41. The van der Waals surface area contributed by atoms with Crippen LogP contribution in [0.5, 0.6) is 0 Å². The Morgan fingerprint density at radius 3 is 2.92 bits per heavy atom. The fraction of sp³-hybridized carbons (Fsp3) is 0.545. The molecule has 0 aliphatic heterocycles. The fourth-order valence-corrected chi connectivity index (χ4v) is 2.39. The van der Waals surface area contributed by atoms with Gasteiger partial charge in [0.1, 0.15) is 0 Å². The molecule has 2 heteroatoms. The van der Waals surface area contributed by atoms with Gasteiger partial charge in [0.15, 0.2) is 0 Å². The number of hydrogen-bond acceptors (Lipinski definition) is 1. The van der Waals surface area contributed by atoms with E-state index in [2.05, 4.69) is 24.0 Å². The summed E-state index contributed by atoms with van der Waals surface area (Å²) < 4.78 is 0. The lowest BCUT2D eigenvalue weighted by atomic mass is 9.93. The van der Waals surface area contributed by atoms with E-state index in [1.54, 1.807) is 6.08 Å². The maximum Gasteiger partial charge on any atom is 0.223 e. The zero-order valence-electron chi connectivity index (χ0n) is 7.70. The van der Waals surface area contributed by atoms with Crippen LogP contribution >= 0.6 is 0 Å². The number of carbonyl (C=O) groups is 1. The number of carbonyl (C=O) groups excluding carboxylic acids is 1. The van der Waals surface area contributed by atoms with Crippen LogP contribution in [0, 0.1) is 17.8 Å². The second-order valence-corrected chi connectivity index (χ2v) is 3.92. The highest BCUT2D eigenvalue weighted by atomic mass is 16.1. The van der Waals surface area contributed by atoms with E-state index in [0.717, 1.165) is 6.42 Å². The van der Waals surface area contributed by atoms with Gasteiger partial charge in [0.25, 0.3) is 0 Å². The summed E-state index contributed by atoms with van der Waals surface area (Å²) >= 11 is 0. The van der Waals surface area contributed by atoms with Crippen LogP contribution < -0.4 is 5.32 Å². The molecule has 1 amide bonds. The number of hydrogen-bond donors (Lipinski definition) is 1. The van der Waals surface area contributed by atoms with E-state index in [9.17, 15) is 4.79 Å². The van der Waals surface area contributed by atoms with E-state index in [-0.39, 0.29) is 11.8 Å². The molecular weight excluding hydrogens is 162 g/mol. The molecule has 2 aliphatic rings. The van der Waals surface area contributed by atoms with Crippen molar-refractivity contribution in [1.82, 2.24) is 5.32 Å². The van der Waals surface area contributed by atoms with Crippen LogP contribution in [0.4, 0.5) is 0 Å². The molecule has 0 aromatic heterocycles. The van der Waals surface area contributed by atoms with Gasteiger partial charge in [0, 0.05) is 12.5 Å². The largest absolute Gasteiger partial charge is 0.352 e. The predicted molar refractivity (Wildman–Crippen MR) is 52.1 cm³/mol. The highest BCUT2D eigenvalue weighted by molar-refractivity contribution is 5.80. The molecule has 0 heterocycles. The van der Waals surface area contributed by atoms with Crippen molar-refractivity contribution in [3.8, 4) is 0 Å². The Kier molecular flexibility index (Phi) is 2.21. The number of allylic oxidation sites excluding steroid dienone is 2. The van der Waals surface area contributed by atoms with E-state index in [1.807, 2.05) is 0 Å². The number of amides is 1. The minimum atomic E-state index is 0.205. The third-order valence-corrected chi connectivity index (χ3v) is 3.04. The molecule has 0 aromatic rings. The molecule has 2 rings (SSSR count). The van der Waals surface area contributed by atoms with Crippen molar-refractivity contribution in [1.29, 1.82) is 0 Å². The summed E-state index contributed by atoms with van der Waals surface area (Å²) in [5.74, 6) is 1.62. The standard InChI is InChI=1S/C11H15NO/c1-2-5-12-11(13)10-7-8-3-4-9(10)6-8/h2-4,8-10H,1,5-7H2,(H,12,13). The Morgan fingerprint density at radius 2 is 2.38 bits per heavy atom. The van der Waals surface area contributed by atoms with E-state index in [0.29, 0.717) is 18.4 Å². The van der Waals surface area contributed by atoms with Gasteiger partial charge >= 0.3 is 0 Å². The van der Waals surface area contributed by atoms with Crippen molar-refractivity contribution in [2.45, 2.75) is 12.8 Å². The van der Waals surface area contributed by atoms with Gasteiger partial charge in [-0.1, -0.05) is 18.2 Å². The summed E-state index contributed by atoms with van der Waals surface area (Å²) in [5.41, 5.74) is 0. The normalized spacial score (nSPS) is 34.9. The Labute approximate surface area is 78.7 Å². The quantitative estimate of drug-likeness (QED) is 0.650. The number of fused-ring (bicyclic) bond motifs is 2. The second kappa shape index (κ2) is 3.36. The van der Waals surface area contributed by atoms with Crippen molar-refractivity contribution < 1.29 is 4.79 Å². The monoisotopic (exact) mass is 177 g/mol. The van der Waals surface area contributed by atoms with Crippen molar-refractivity contribution in [2.75, 3.05) is 6.54 Å². The minimum absolute atomic E-state index is 0.205. The second-order valence-electron chi connectivity index (χ2n) is 3.92. The summed E-state index contributed by atoms with van der Waals surface area (Å²) in [7, 11) is 0. The summed E-state index contributed by atoms with van der Waals surface area (Å²) in [5, 5.41) is 2.87. The Balaban J connectivity index is 1.91. The van der Waals surface area contributed by atoms with Gasteiger partial charge in [0.05, 0.1) is 0 Å². The van der Waals surface area contributed by atoms with Gasteiger partial charge in [-0.05, 0) is 24.7 Å². The van der Waals surface area contributed by atoms with E-state index in [4.69, 9.17) is 0 Å². The van der Waals surface area contributed by atoms with E-state index in [1.165, 1.54) is 6.42 Å². The molecule has 0 saturated heterocycles. The van der Waals surface area contributed by atoms with E-state index < -0.39 is 0 Å². The molecule has 2 bridgehead atoms. The molecule has 1 fully saturated rings. The van der Waals surface area contributed by atoms with Crippen molar-refractivity contribution in [3.05, 3.63) is 24.8 Å². The van der Waals surface area contributed by atoms with Crippen LogP contribution in [0.2, 0.25) is 0 Å². The molecule has 13 heavy (non-hydrogen) atoms. The molecule has 3 unspecified atom stereocenters.